The average molecular weight is 343 g/mol. The molecule has 1 nitrogen and oxygen atoms in total. The topological polar surface area (TPSA) is 3.88 Å². The van der Waals surface area contributed by atoms with E-state index in [0.717, 1.165) is 0 Å². The van der Waals surface area contributed by atoms with E-state index in [2.05, 4.69) is 101 Å². The molecule has 1 aliphatic rings. The fourth-order valence-corrected chi connectivity index (χ4v) is 4.52. The molecule has 2 aromatic carbocycles. The van der Waals surface area contributed by atoms with Crippen molar-refractivity contribution >= 4 is 0 Å². The van der Waals surface area contributed by atoms with Gasteiger partial charge in [-0.3, -0.25) is 0 Å². The molecule has 0 amide bonds. The van der Waals surface area contributed by atoms with Crippen LogP contribution in [-0.4, -0.2) is 0 Å². The van der Waals surface area contributed by atoms with E-state index in [4.69, 9.17) is 0 Å². The highest BCUT2D eigenvalue weighted by atomic mass is 14.9. The molecule has 0 atom stereocenters. The quantitative estimate of drug-likeness (QED) is 0.509. The van der Waals surface area contributed by atoms with Gasteiger partial charge in [-0.05, 0) is 52.3 Å². The van der Waals surface area contributed by atoms with Gasteiger partial charge in [-0.15, -0.1) is 0 Å². The van der Waals surface area contributed by atoms with Gasteiger partial charge < -0.3 is 0 Å². The molecule has 0 spiro atoms. The summed E-state index contributed by atoms with van der Waals surface area (Å²) in [5.74, 6) is 0.546. The number of hydrogen-bond acceptors (Lipinski definition) is 0. The van der Waals surface area contributed by atoms with E-state index in [1.54, 1.807) is 0 Å². The van der Waals surface area contributed by atoms with E-state index in [-0.39, 0.29) is 5.41 Å². The minimum Gasteiger partial charge on any atom is -0.201 e. The Morgan fingerprint density at radius 3 is 2.38 bits per heavy atom. The molecule has 1 aliphatic carbocycles. The second kappa shape index (κ2) is 5.81. The Labute approximate surface area is 157 Å². The molecule has 3 aromatic rings. The molecule has 0 unspecified atom stereocenters. The van der Waals surface area contributed by atoms with Crippen molar-refractivity contribution in [3.05, 3.63) is 77.0 Å². The molecular formula is C25H28N+. The summed E-state index contributed by atoms with van der Waals surface area (Å²) >= 11 is 0. The molecule has 1 aromatic heterocycles. The predicted molar refractivity (Wildman–Crippen MR) is 109 cm³/mol. The number of benzene rings is 2. The lowest BCUT2D eigenvalue weighted by Gasteiger charge is -2.24. The Morgan fingerprint density at radius 1 is 0.923 bits per heavy atom. The van der Waals surface area contributed by atoms with E-state index in [0.29, 0.717) is 5.92 Å². The van der Waals surface area contributed by atoms with Crippen LogP contribution in [-0.2, 0) is 12.5 Å². The lowest BCUT2D eigenvalue weighted by atomic mass is 9.78. The number of nitrogens with zero attached hydrogens (tertiary/aromatic N) is 1. The number of fused-ring (bicyclic) bond motifs is 3. The van der Waals surface area contributed by atoms with Gasteiger partial charge in [0.05, 0.1) is 5.56 Å². The monoisotopic (exact) mass is 342 g/mol. The van der Waals surface area contributed by atoms with E-state index in [9.17, 15) is 0 Å². The molecule has 0 aliphatic heterocycles. The van der Waals surface area contributed by atoms with Crippen molar-refractivity contribution < 1.29 is 4.57 Å². The van der Waals surface area contributed by atoms with Crippen molar-refractivity contribution in [3.63, 3.8) is 0 Å². The van der Waals surface area contributed by atoms with Crippen LogP contribution in [0.25, 0.3) is 22.4 Å². The zero-order chi connectivity index (χ0) is 18.6. The minimum absolute atomic E-state index is 0.00434. The predicted octanol–water partition coefficient (Wildman–Crippen LogP) is 5.92. The Kier molecular flexibility index (Phi) is 3.80. The molecule has 4 rings (SSSR count). The van der Waals surface area contributed by atoms with E-state index in [1.165, 1.54) is 44.6 Å². The third-order valence-electron chi connectivity index (χ3n) is 6.02. The molecule has 1 heteroatoms. The van der Waals surface area contributed by atoms with Crippen LogP contribution in [0.15, 0.2) is 54.7 Å². The number of hydrogen-bond donors (Lipinski definition) is 0. The summed E-state index contributed by atoms with van der Waals surface area (Å²) in [6, 6.07) is 18.2. The lowest BCUT2D eigenvalue weighted by molar-refractivity contribution is -0.660. The van der Waals surface area contributed by atoms with Gasteiger partial charge >= 0.3 is 0 Å². The van der Waals surface area contributed by atoms with Gasteiger partial charge in [0.25, 0.3) is 0 Å². The smallest absolute Gasteiger partial charge is 0.201 e. The van der Waals surface area contributed by atoms with Gasteiger partial charge in [0.1, 0.15) is 7.05 Å². The van der Waals surface area contributed by atoms with Gasteiger partial charge in [-0.2, -0.15) is 0 Å². The fourth-order valence-electron chi connectivity index (χ4n) is 4.52. The number of pyridine rings is 1. The minimum atomic E-state index is 0.00434. The summed E-state index contributed by atoms with van der Waals surface area (Å²) in [6.07, 6.45) is 2.14. The molecule has 26 heavy (non-hydrogen) atoms. The molecule has 1 heterocycles. The van der Waals surface area contributed by atoms with E-state index < -0.39 is 0 Å². The summed E-state index contributed by atoms with van der Waals surface area (Å²) < 4.78 is 2.24. The van der Waals surface area contributed by atoms with Crippen molar-refractivity contribution in [2.45, 2.75) is 46.0 Å². The summed E-state index contributed by atoms with van der Waals surface area (Å²) in [4.78, 5) is 0. The second-order valence-electron chi connectivity index (χ2n) is 8.46. The highest BCUT2D eigenvalue weighted by molar-refractivity contribution is 5.88. The van der Waals surface area contributed by atoms with E-state index in [1.807, 2.05) is 0 Å². The van der Waals surface area contributed by atoms with Gasteiger partial charge in [0, 0.05) is 17.5 Å². The number of rotatable bonds is 2. The SMILES string of the molecule is Cc1ccc2c(c1-c1cccc[n+]1C)C(C)(C)c1ccc(C(C)C)cc1-2. The molecule has 0 radical (unpaired) electrons. The van der Waals surface area contributed by atoms with E-state index >= 15 is 0 Å². The molecule has 0 bridgehead atoms. The maximum absolute atomic E-state index is 2.41. The van der Waals surface area contributed by atoms with Crippen molar-refractivity contribution in [3.8, 4) is 22.4 Å². The van der Waals surface area contributed by atoms with Crippen LogP contribution in [0.4, 0.5) is 0 Å². The normalized spacial score (nSPS) is 14.4. The Hall–Kier alpha value is -2.41. The number of aryl methyl sites for hydroxylation is 2. The second-order valence-corrected chi connectivity index (χ2v) is 8.46. The summed E-state index contributed by atoms with van der Waals surface area (Å²) in [6.45, 7) is 11.5. The zero-order valence-electron chi connectivity index (χ0n) is 16.7. The van der Waals surface area contributed by atoms with Gasteiger partial charge in [-0.1, -0.05) is 58.0 Å². The first kappa shape index (κ1) is 17.0. The molecular weight excluding hydrogens is 314 g/mol. The largest absolute Gasteiger partial charge is 0.212 e. The third kappa shape index (κ3) is 2.34. The summed E-state index contributed by atoms with van der Waals surface area (Å²) in [7, 11) is 2.14. The number of aromatic nitrogens is 1. The van der Waals surface area contributed by atoms with Gasteiger partial charge in [0.15, 0.2) is 6.20 Å². The summed E-state index contributed by atoms with van der Waals surface area (Å²) in [5.41, 5.74) is 11.2. The first-order chi connectivity index (χ1) is 12.3. The highest BCUT2D eigenvalue weighted by Crippen LogP contribution is 2.53. The van der Waals surface area contributed by atoms with Crippen LogP contribution in [0.1, 0.15) is 55.9 Å². The Balaban J connectivity index is 2.07. The van der Waals surface area contributed by atoms with Crippen molar-refractivity contribution in [1.29, 1.82) is 0 Å². The first-order valence-corrected chi connectivity index (χ1v) is 9.56. The lowest BCUT2D eigenvalue weighted by Crippen LogP contribution is -2.31. The molecule has 0 fully saturated rings. The standard InChI is InChI=1S/C25H28N/c1-16(2)18-11-13-21-20(15-18)19-12-10-17(3)23(24(19)25(21,4)5)22-9-7-8-14-26(22)6/h7-16H,1-6H3/q+1. The van der Waals surface area contributed by atoms with Crippen molar-refractivity contribution in [2.24, 2.45) is 7.05 Å². The highest BCUT2D eigenvalue weighted by Gasteiger charge is 2.39. The van der Waals surface area contributed by atoms with Crippen LogP contribution in [0.2, 0.25) is 0 Å². The van der Waals surface area contributed by atoms with Gasteiger partial charge in [-0.25, -0.2) is 4.57 Å². The van der Waals surface area contributed by atoms with Crippen LogP contribution in [0.3, 0.4) is 0 Å². The Bertz CT molecular complexity index is 1010. The molecule has 0 saturated heterocycles. The van der Waals surface area contributed by atoms with Crippen molar-refractivity contribution in [1.82, 2.24) is 0 Å². The van der Waals surface area contributed by atoms with Crippen molar-refractivity contribution in [2.75, 3.05) is 0 Å². The maximum Gasteiger partial charge on any atom is 0.212 e. The molecule has 132 valence electrons. The van der Waals surface area contributed by atoms with Crippen LogP contribution < -0.4 is 4.57 Å². The van der Waals surface area contributed by atoms with Crippen LogP contribution >= 0.6 is 0 Å². The molecule has 0 N–H and O–H groups in total. The zero-order valence-corrected chi connectivity index (χ0v) is 16.7. The third-order valence-corrected chi connectivity index (χ3v) is 6.02. The van der Waals surface area contributed by atoms with Crippen LogP contribution in [0, 0.1) is 6.92 Å². The average Bonchev–Trinajstić information content (AvgIpc) is 2.83. The van der Waals surface area contributed by atoms with Crippen LogP contribution in [0.5, 0.6) is 0 Å². The Morgan fingerprint density at radius 2 is 1.69 bits per heavy atom. The molecule has 0 saturated carbocycles. The van der Waals surface area contributed by atoms with Gasteiger partial charge in [0.2, 0.25) is 5.69 Å². The first-order valence-electron chi connectivity index (χ1n) is 9.56. The maximum atomic E-state index is 2.41. The fraction of sp³-hybridized carbons (Fsp3) is 0.320. The summed E-state index contributed by atoms with van der Waals surface area (Å²) in [5, 5.41) is 0.